The van der Waals surface area contributed by atoms with E-state index in [1.54, 1.807) is 4.90 Å². The molecule has 1 N–H and O–H groups in total. The van der Waals surface area contributed by atoms with Crippen molar-refractivity contribution in [2.24, 2.45) is 0 Å². The lowest BCUT2D eigenvalue weighted by molar-refractivity contribution is -0.138. The van der Waals surface area contributed by atoms with E-state index in [9.17, 15) is 9.59 Å². The Bertz CT molecular complexity index is 907. The first-order valence-corrected chi connectivity index (χ1v) is 11.1. The Morgan fingerprint density at radius 1 is 1.13 bits per heavy atom. The number of likely N-dealkylation sites (N-methyl/N-ethyl adjacent to an activating group) is 1. The third-order valence-corrected chi connectivity index (χ3v) is 6.34. The summed E-state index contributed by atoms with van der Waals surface area (Å²) in [6.45, 7) is 6.83. The molecule has 7 nitrogen and oxygen atoms in total. The minimum absolute atomic E-state index is 0.0122. The molecule has 2 saturated heterocycles. The van der Waals surface area contributed by atoms with Gasteiger partial charge in [0.15, 0.2) is 0 Å². The van der Waals surface area contributed by atoms with E-state index in [1.165, 1.54) is 16.3 Å². The van der Waals surface area contributed by atoms with Crippen LogP contribution in [0.25, 0.3) is 10.8 Å². The lowest BCUT2D eigenvalue weighted by atomic mass is 10.0. The third kappa shape index (κ3) is 5.42. The van der Waals surface area contributed by atoms with Gasteiger partial charge in [0.05, 0.1) is 25.7 Å². The summed E-state index contributed by atoms with van der Waals surface area (Å²) in [5, 5.41) is 5.33. The Balaban J connectivity index is 1.40. The summed E-state index contributed by atoms with van der Waals surface area (Å²) in [6, 6.07) is 14.1. The molecule has 0 aliphatic carbocycles. The van der Waals surface area contributed by atoms with Crippen molar-refractivity contribution in [1.82, 2.24) is 20.0 Å². The normalized spacial score (nSPS) is 20.5. The van der Waals surface area contributed by atoms with E-state index in [0.29, 0.717) is 19.6 Å². The van der Waals surface area contributed by atoms with Gasteiger partial charge in [0.1, 0.15) is 0 Å². The molecule has 0 saturated carbocycles. The summed E-state index contributed by atoms with van der Waals surface area (Å²) in [5.74, 6) is -0.0420. The molecule has 2 aromatic rings. The second kappa shape index (κ2) is 10.2. The number of fused-ring (bicyclic) bond motifs is 1. The second-order valence-electron chi connectivity index (χ2n) is 8.39. The van der Waals surface area contributed by atoms with Crippen LogP contribution < -0.4 is 5.32 Å². The lowest BCUT2D eigenvalue weighted by Crippen LogP contribution is -2.56. The van der Waals surface area contributed by atoms with Crippen LogP contribution >= 0.6 is 0 Å². The molecule has 166 valence electrons. The van der Waals surface area contributed by atoms with Gasteiger partial charge in [0.2, 0.25) is 11.8 Å². The van der Waals surface area contributed by atoms with E-state index in [4.69, 9.17) is 4.74 Å². The first-order valence-electron chi connectivity index (χ1n) is 11.1. The lowest BCUT2D eigenvalue weighted by Gasteiger charge is -2.36. The highest BCUT2D eigenvalue weighted by atomic mass is 16.5. The van der Waals surface area contributed by atoms with Crippen molar-refractivity contribution in [2.75, 3.05) is 59.5 Å². The Labute approximate surface area is 183 Å². The van der Waals surface area contributed by atoms with Crippen molar-refractivity contribution >= 4 is 22.6 Å². The highest BCUT2D eigenvalue weighted by molar-refractivity contribution is 5.89. The molecule has 0 spiro atoms. The quantitative estimate of drug-likeness (QED) is 0.726. The van der Waals surface area contributed by atoms with Gasteiger partial charge in [0, 0.05) is 52.9 Å². The Kier molecular flexibility index (Phi) is 7.17. The molecule has 0 bridgehead atoms. The van der Waals surface area contributed by atoms with E-state index in [0.717, 1.165) is 39.4 Å². The highest BCUT2D eigenvalue weighted by Crippen LogP contribution is 2.22. The molecule has 2 aliphatic heterocycles. The summed E-state index contributed by atoms with van der Waals surface area (Å²) < 4.78 is 5.38. The molecule has 2 aromatic carbocycles. The molecule has 2 amide bonds. The maximum Gasteiger partial charge on any atom is 0.237 e. The standard InChI is InChI=1S/C24H32N4O3/c1-26(11-12-27-13-15-31-16-14-27)23(29)17-22-24(30)25-9-10-28(22)18-20-7-4-6-19-5-2-3-8-21(19)20/h2-8,22H,9-18H2,1H3,(H,25,30). The Morgan fingerprint density at radius 2 is 1.90 bits per heavy atom. The summed E-state index contributed by atoms with van der Waals surface area (Å²) >= 11 is 0. The maximum absolute atomic E-state index is 12.9. The number of rotatable bonds is 7. The maximum atomic E-state index is 12.9. The number of ether oxygens (including phenoxy) is 1. The van der Waals surface area contributed by atoms with Crippen LogP contribution in [0, 0.1) is 0 Å². The van der Waals surface area contributed by atoms with Crippen molar-refractivity contribution in [3.05, 3.63) is 48.0 Å². The largest absolute Gasteiger partial charge is 0.379 e. The van der Waals surface area contributed by atoms with Gasteiger partial charge in [-0.05, 0) is 16.3 Å². The molecule has 1 atom stereocenters. The van der Waals surface area contributed by atoms with Crippen LogP contribution in [0.15, 0.2) is 42.5 Å². The Hall–Kier alpha value is -2.48. The predicted octanol–water partition coefficient (Wildman–Crippen LogP) is 1.32. The van der Waals surface area contributed by atoms with Crippen LogP contribution in [0.4, 0.5) is 0 Å². The SMILES string of the molecule is CN(CCN1CCOCC1)C(=O)CC1C(=O)NCCN1Cc1cccc2ccccc12. The van der Waals surface area contributed by atoms with Gasteiger partial charge in [-0.1, -0.05) is 42.5 Å². The molecule has 31 heavy (non-hydrogen) atoms. The monoisotopic (exact) mass is 424 g/mol. The molecule has 2 aliphatic rings. The molecule has 7 heteroatoms. The first-order chi connectivity index (χ1) is 15.1. The number of hydrogen-bond acceptors (Lipinski definition) is 5. The van der Waals surface area contributed by atoms with E-state index in [2.05, 4.69) is 45.4 Å². The number of amides is 2. The fourth-order valence-electron chi connectivity index (χ4n) is 4.38. The van der Waals surface area contributed by atoms with E-state index >= 15 is 0 Å². The smallest absolute Gasteiger partial charge is 0.237 e. The number of morpholine rings is 1. The fourth-order valence-corrected chi connectivity index (χ4v) is 4.38. The molecule has 0 radical (unpaired) electrons. The van der Waals surface area contributed by atoms with Crippen LogP contribution in [0.2, 0.25) is 0 Å². The summed E-state index contributed by atoms with van der Waals surface area (Å²) in [4.78, 5) is 31.8. The number of carbonyl (C=O) groups excluding carboxylic acids is 2. The zero-order valence-corrected chi connectivity index (χ0v) is 18.3. The first kappa shape index (κ1) is 21.7. The van der Waals surface area contributed by atoms with Crippen LogP contribution in [0.5, 0.6) is 0 Å². The molecular formula is C24H32N4O3. The van der Waals surface area contributed by atoms with Crippen LogP contribution in [-0.2, 0) is 20.9 Å². The predicted molar refractivity (Wildman–Crippen MR) is 121 cm³/mol. The van der Waals surface area contributed by atoms with Crippen LogP contribution in [-0.4, -0.2) is 92.1 Å². The van der Waals surface area contributed by atoms with Crippen molar-refractivity contribution in [3.8, 4) is 0 Å². The van der Waals surface area contributed by atoms with Gasteiger partial charge in [-0.25, -0.2) is 0 Å². The van der Waals surface area contributed by atoms with Gasteiger partial charge in [0.25, 0.3) is 0 Å². The van der Waals surface area contributed by atoms with Crippen molar-refractivity contribution in [1.29, 1.82) is 0 Å². The van der Waals surface area contributed by atoms with Gasteiger partial charge >= 0.3 is 0 Å². The number of benzene rings is 2. The average Bonchev–Trinajstić information content (AvgIpc) is 2.80. The number of nitrogens with zero attached hydrogens (tertiary/aromatic N) is 3. The van der Waals surface area contributed by atoms with Gasteiger partial charge in [-0.2, -0.15) is 0 Å². The minimum Gasteiger partial charge on any atom is -0.379 e. The molecule has 2 heterocycles. The van der Waals surface area contributed by atoms with E-state index in [1.807, 2.05) is 19.2 Å². The van der Waals surface area contributed by atoms with Gasteiger partial charge in [-0.3, -0.25) is 19.4 Å². The fraction of sp³-hybridized carbons (Fsp3) is 0.500. The molecule has 0 aromatic heterocycles. The summed E-state index contributed by atoms with van der Waals surface area (Å²) in [5.41, 5.74) is 1.19. The van der Waals surface area contributed by atoms with Crippen molar-refractivity contribution < 1.29 is 14.3 Å². The number of nitrogens with one attached hydrogen (secondary N) is 1. The number of piperazine rings is 1. The van der Waals surface area contributed by atoms with Crippen molar-refractivity contribution in [2.45, 2.75) is 19.0 Å². The zero-order valence-electron chi connectivity index (χ0n) is 18.3. The topological polar surface area (TPSA) is 65.1 Å². The van der Waals surface area contributed by atoms with Gasteiger partial charge < -0.3 is 15.0 Å². The second-order valence-corrected chi connectivity index (χ2v) is 8.39. The number of carbonyl (C=O) groups is 2. The summed E-state index contributed by atoms with van der Waals surface area (Å²) in [7, 11) is 1.83. The zero-order chi connectivity index (χ0) is 21.6. The molecule has 4 rings (SSSR count). The molecule has 1 unspecified atom stereocenters. The van der Waals surface area contributed by atoms with Gasteiger partial charge in [-0.15, -0.1) is 0 Å². The van der Waals surface area contributed by atoms with E-state index in [-0.39, 0.29) is 18.2 Å². The van der Waals surface area contributed by atoms with Crippen LogP contribution in [0.1, 0.15) is 12.0 Å². The summed E-state index contributed by atoms with van der Waals surface area (Å²) in [6.07, 6.45) is 0.205. The van der Waals surface area contributed by atoms with E-state index < -0.39 is 6.04 Å². The third-order valence-electron chi connectivity index (χ3n) is 6.34. The molecule has 2 fully saturated rings. The van der Waals surface area contributed by atoms with Crippen molar-refractivity contribution in [3.63, 3.8) is 0 Å². The number of hydrogen-bond donors (Lipinski definition) is 1. The van der Waals surface area contributed by atoms with Crippen LogP contribution in [0.3, 0.4) is 0 Å². The minimum atomic E-state index is -0.439. The highest BCUT2D eigenvalue weighted by Gasteiger charge is 2.32. The molecular weight excluding hydrogens is 392 g/mol. The Morgan fingerprint density at radius 3 is 2.74 bits per heavy atom. The average molecular weight is 425 g/mol.